The number of unbranched alkanes of at least 4 members (excludes halogenated alkanes) is 3. The number of ether oxygens (including phenoxy) is 1. The van der Waals surface area contributed by atoms with Gasteiger partial charge < -0.3 is 15.5 Å². The first-order valence-electron chi connectivity index (χ1n) is 14.0. The number of carbonyl (C=O) groups is 1. The molecule has 1 saturated heterocycles. The van der Waals surface area contributed by atoms with Crippen LogP contribution in [0.5, 0.6) is 5.75 Å². The number of aromatic nitrogens is 1. The molecule has 5 heteroatoms. The second-order valence-electron chi connectivity index (χ2n) is 10.3. The molecular formula is C31H43N3O2. The Morgan fingerprint density at radius 1 is 0.972 bits per heavy atom. The number of carbonyl (C=O) groups excluding carboxylic acids is 1. The van der Waals surface area contributed by atoms with E-state index >= 15 is 0 Å². The van der Waals surface area contributed by atoms with Gasteiger partial charge in [0.1, 0.15) is 5.75 Å². The van der Waals surface area contributed by atoms with Gasteiger partial charge in [-0.1, -0.05) is 40.0 Å². The van der Waals surface area contributed by atoms with Gasteiger partial charge in [0.15, 0.2) is 5.78 Å². The summed E-state index contributed by atoms with van der Waals surface area (Å²) >= 11 is 0. The predicted molar refractivity (Wildman–Crippen MR) is 150 cm³/mol. The SMILES string of the molecule is CCCCCCOc1ccc(C(=O)c2ccc3c(c2)c(C2CCN(C(CC)CC)CC2)cn3N)cc1. The Kier molecular flexibility index (Phi) is 9.08. The average Bonchev–Trinajstić information content (AvgIpc) is 3.25. The number of benzene rings is 2. The summed E-state index contributed by atoms with van der Waals surface area (Å²) in [6.07, 6.45) is 11.5. The Morgan fingerprint density at radius 2 is 1.67 bits per heavy atom. The molecule has 1 aliphatic rings. The van der Waals surface area contributed by atoms with Crippen molar-refractivity contribution in [3.8, 4) is 5.75 Å². The van der Waals surface area contributed by atoms with Crippen LogP contribution < -0.4 is 10.6 Å². The maximum absolute atomic E-state index is 13.3. The minimum atomic E-state index is 0.0330. The fraction of sp³-hybridized carbons (Fsp3) is 0.516. The lowest BCUT2D eigenvalue weighted by Gasteiger charge is -2.37. The summed E-state index contributed by atoms with van der Waals surface area (Å²) in [4.78, 5) is 16.0. The molecule has 3 aromatic rings. The predicted octanol–water partition coefficient (Wildman–Crippen LogP) is 6.91. The Morgan fingerprint density at radius 3 is 2.33 bits per heavy atom. The summed E-state index contributed by atoms with van der Waals surface area (Å²) in [5.74, 6) is 7.66. The molecule has 2 N–H and O–H groups in total. The Balaban J connectivity index is 1.46. The van der Waals surface area contributed by atoms with Gasteiger partial charge in [0.05, 0.1) is 12.1 Å². The van der Waals surface area contributed by atoms with Gasteiger partial charge in [0, 0.05) is 28.8 Å². The van der Waals surface area contributed by atoms with Crippen LogP contribution in [-0.2, 0) is 0 Å². The summed E-state index contributed by atoms with van der Waals surface area (Å²) in [5.41, 5.74) is 3.64. The number of ketones is 1. The normalized spacial score (nSPS) is 15.1. The maximum Gasteiger partial charge on any atom is 0.193 e. The second-order valence-corrected chi connectivity index (χ2v) is 10.3. The maximum atomic E-state index is 13.3. The van der Waals surface area contributed by atoms with Crippen LogP contribution in [0.4, 0.5) is 0 Å². The number of likely N-dealkylation sites (tertiary alicyclic amines) is 1. The molecule has 4 rings (SSSR count). The zero-order valence-corrected chi connectivity index (χ0v) is 22.3. The standard InChI is InChI=1S/C31H43N3O2/c1-4-7-8-9-20-36-27-13-10-24(11-14-27)31(35)25-12-15-30-28(21-25)29(22-34(30)32)23-16-18-33(19-17-23)26(5-2)6-3/h10-15,21-23,26H,4-9,16-20,32H2,1-3H3. The van der Waals surface area contributed by atoms with Crippen molar-refractivity contribution in [1.29, 1.82) is 0 Å². The number of fused-ring (bicyclic) bond motifs is 1. The van der Waals surface area contributed by atoms with Crippen LogP contribution in [0, 0.1) is 0 Å². The van der Waals surface area contributed by atoms with Crippen LogP contribution in [0.1, 0.15) is 99.5 Å². The summed E-state index contributed by atoms with van der Waals surface area (Å²) in [7, 11) is 0. The molecule has 0 amide bonds. The lowest BCUT2D eigenvalue weighted by Crippen LogP contribution is -2.40. The molecular weight excluding hydrogens is 446 g/mol. The van der Waals surface area contributed by atoms with E-state index in [-0.39, 0.29) is 5.78 Å². The van der Waals surface area contributed by atoms with Gasteiger partial charge in [0.25, 0.3) is 0 Å². The number of rotatable bonds is 12. The van der Waals surface area contributed by atoms with E-state index in [1.54, 1.807) is 4.68 Å². The number of piperidine rings is 1. The minimum Gasteiger partial charge on any atom is -0.494 e. The highest BCUT2D eigenvalue weighted by Crippen LogP contribution is 2.35. The summed E-state index contributed by atoms with van der Waals surface area (Å²) < 4.78 is 7.56. The molecule has 194 valence electrons. The Bertz CT molecular complexity index is 1120. The number of hydrogen-bond donors (Lipinski definition) is 1. The summed E-state index contributed by atoms with van der Waals surface area (Å²) in [6, 6.07) is 14.2. The molecule has 0 spiro atoms. The van der Waals surface area contributed by atoms with Crippen LogP contribution in [0.15, 0.2) is 48.7 Å². The number of nitrogens with two attached hydrogens (primary N) is 1. The number of hydrogen-bond acceptors (Lipinski definition) is 4. The molecule has 0 unspecified atom stereocenters. The van der Waals surface area contributed by atoms with Crippen LogP contribution in [0.25, 0.3) is 10.9 Å². The second kappa shape index (κ2) is 12.4. The van der Waals surface area contributed by atoms with Gasteiger partial charge in [-0.05, 0) is 99.1 Å². The van der Waals surface area contributed by atoms with Crippen LogP contribution in [0.3, 0.4) is 0 Å². The third kappa shape index (κ3) is 5.95. The van der Waals surface area contributed by atoms with Gasteiger partial charge in [-0.3, -0.25) is 9.47 Å². The van der Waals surface area contributed by atoms with Crippen molar-refractivity contribution in [2.75, 3.05) is 25.5 Å². The fourth-order valence-corrected chi connectivity index (χ4v) is 5.72. The van der Waals surface area contributed by atoms with Crippen LogP contribution in [0.2, 0.25) is 0 Å². The third-order valence-electron chi connectivity index (χ3n) is 7.94. The minimum absolute atomic E-state index is 0.0330. The third-order valence-corrected chi connectivity index (χ3v) is 7.94. The molecule has 0 bridgehead atoms. The van der Waals surface area contributed by atoms with Crippen molar-refractivity contribution < 1.29 is 9.53 Å². The van der Waals surface area contributed by atoms with E-state index in [0.29, 0.717) is 23.1 Å². The number of nitrogen functional groups attached to an aromatic ring is 1. The van der Waals surface area contributed by atoms with E-state index < -0.39 is 0 Å². The monoisotopic (exact) mass is 489 g/mol. The van der Waals surface area contributed by atoms with Crippen LogP contribution >= 0.6 is 0 Å². The molecule has 5 nitrogen and oxygen atoms in total. The van der Waals surface area contributed by atoms with E-state index in [4.69, 9.17) is 10.6 Å². The van der Waals surface area contributed by atoms with Crippen LogP contribution in [-0.4, -0.2) is 41.1 Å². The lowest BCUT2D eigenvalue weighted by atomic mass is 9.87. The first-order valence-corrected chi connectivity index (χ1v) is 14.0. The van der Waals surface area contributed by atoms with E-state index in [9.17, 15) is 4.79 Å². The molecule has 1 aliphatic heterocycles. The van der Waals surface area contributed by atoms with Gasteiger partial charge in [-0.15, -0.1) is 0 Å². The largest absolute Gasteiger partial charge is 0.494 e. The highest BCUT2D eigenvalue weighted by molar-refractivity contribution is 6.10. The van der Waals surface area contributed by atoms with Gasteiger partial charge in [-0.25, -0.2) is 0 Å². The zero-order chi connectivity index (χ0) is 25.5. The highest BCUT2D eigenvalue weighted by Gasteiger charge is 2.26. The van der Waals surface area contributed by atoms with E-state index in [0.717, 1.165) is 55.6 Å². The summed E-state index contributed by atoms with van der Waals surface area (Å²) in [6.45, 7) is 9.75. The van der Waals surface area contributed by atoms with E-state index in [1.807, 2.05) is 42.5 Å². The first-order chi connectivity index (χ1) is 17.5. The molecule has 1 aromatic heterocycles. The quantitative estimate of drug-likeness (QED) is 0.170. The van der Waals surface area contributed by atoms with Crippen molar-refractivity contribution in [2.45, 2.75) is 84.1 Å². The molecule has 2 heterocycles. The van der Waals surface area contributed by atoms with Gasteiger partial charge in [-0.2, -0.15) is 0 Å². The lowest BCUT2D eigenvalue weighted by molar-refractivity contribution is 0.103. The topological polar surface area (TPSA) is 60.5 Å². The van der Waals surface area contributed by atoms with Crippen molar-refractivity contribution in [3.05, 3.63) is 65.4 Å². The first kappa shape index (κ1) is 26.3. The van der Waals surface area contributed by atoms with Crippen molar-refractivity contribution in [1.82, 2.24) is 9.58 Å². The Hall–Kier alpha value is -2.79. The molecule has 2 aromatic carbocycles. The van der Waals surface area contributed by atoms with E-state index in [1.165, 1.54) is 37.7 Å². The zero-order valence-electron chi connectivity index (χ0n) is 22.3. The van der Waals surface area contributed by atoms with Crippen molar-refractivity contribution in [3.63, 3.8) is 0 Å². The number of nitrogens with zero attached hydrogens (tertiary/aromatic N) is 2. The average molecular weight is 490 g/mol. The Labute approximate surface area is 216 Å². The molecule has 0 atom stereocenters. The summed E-state index contributed by atoms with van der Waals surface area (Å²) in [5, 5.41) is 1.11. The highest BCUT2D eigenvalue weighted by atomic mass is 16.5. The molecule has 0 saturated carbocycles. The van der Waals surface area contributed by atoms with E-state index in [2.05, 4.69) is 31.9 Å². The molecule has 36 heavy (non-hydrogen) atoms. The van der Waals surface area contributed by atoms with Crippen molar-refractivity contribution in [2.24, 2.45) is 0 Å². The molecule has 1 fully saturated rings. The molecule has 0 radical (unpaired) electrons. The molecule has 0 aliphatic carbocycles. The van der Waals surface area contributed by atoms with Gasteiger partial charge >= 0.3 is 0 Å². The smallest absolute Gasteiger partial charge is 0.193 e. The fourth-order valence-electron chi connectivity index (χ4n) is 5.72. The van der Waals surface area contributed by atoms with Crippen molar-refractivity contribution >= 4 is 16.7 Å². The van der Waals surface area contributed by atoms with Gasteiger partial charge in [0.2, 0.25) is 0 Å².